The number of aromatic nitrogens is 1. The van der Waals surface area contributed by atoms with Crippen LogP contribution in [-0.2, 0) is 0 Å². The number of hydrogen-bond donors (Lipinski definition) is 1. The summed E-state index contributed by atoms with van der Waals surface area (Å²) < 4.78 is 11.5. The maximum absolute atomic E-state index is 12.9. The molecule has 5 aromatic rings. The Hall–Kier alpha value is -4.14. The van der Waals surface area contributed by atoms with Crippen molar-refractivity contribution in [3.63, 3.8) is 0 Å². The Labute approximate surface area is 208 Å². The molecule has 0 atom stereocenters. The van der Waals surface area contributed by atoms with Crippen molar-refractivity contribution in [2.75, 3.05) is 5.32 Å². The maximum Gasteiger partial charge on any atom is 0.291 e. The number of furan rings is 1. The van der Waals surface area contributed by atoms with Crippen LogP contribution in [0.3, 0.4) is 0 Å². The lowest BCUT2D eigenvalue weighted by Crippen LogP contribution is -2.12. The normalized spacial score (nSPS) is 11.1. The standard InChI is InChI=1S/C25H15Cl2N3O5/c1-13-17(25-29-20-12-15(26)11-18(27)23(20)35-25)6-3-7-19(13)28-24(31)22-9-8-21(34-22)14-4-2-5-16(10-14)30(32)33/h2-12H,1H3,(H,28,31). The summed E-state index contributed by atoms with van der Waals surface area (Å²) in [4.78, 5) is 27.9. The predicted octanol–water partition coefficient (Wildman–Crippen LogP) is 7.53. The molecule has 0 aliphatic carbocycles. The van der Waals surface area contributed by atoms with Crippen LogP contribution in [0.5, 0.6) is 0 Å². The van der Waals surface area contributed by atoms with Crippen LogP contribution in [0.2, 0.25) is 10.0 Å². The molecule has 8 nitrogen and oxygen atoms in total. The quantitative estimate of drug-likeness (QED) is 0.194. The van der Waals surface area contributed by atoms with Crippen LogP contribution < -0.4 is 5.32 Å². The van der Waals surface area contributed by atoms with Gasteiger partial charge in [0.05, 0.1) is 9.95 Å². The highest BCUT2D eigenvalue weighted by Gasteiger charge is 2.18. The smallest absolute Gasteiger partial charge is 0.291 e. The number of nitro benzene ring substituents is 1. The summed E-state index contributed by atoms with van der Waals surface area (Å²) in [6.07, 6.45) is 0. The first-order valence-corrected chi connectivity index (χ1v) is 11.1. The number of nitro groups is 1. The largest absolute Gasteiger partial charge is 0.451 e. The van der Waals surface area contributed by atoms with E-state index in [1.807, 2.05) is 13.0 Å². The number of oxazole rings is 1. The molecule has 5 rings (SSSR count). The molecule has 35 heavy (non-hydrogen) atoms. The monoisotopic (exact) mass is 507 g/mol. The molecule has 10 heteroatoms. The minimum Gasteiger partial charge on any atom is -0.451 e. The Bertz CT molecular complexity index is 1620. The molecule has 0 aliphatic heterocycles. The van der Waals surface area contributed by atoms with Gasteiger partial charge in [0.25, 0.3) is 11.6 Å². The van der Waals surface area contributed by atoms with Crippen molar-refractivity contribution in [1.29, 1.82) is 0 Å². The highest BCUT2D eigenvalue weighted by Crippen LogP contribution is 2.35. The second kappa shape index (κ2) is 8.90. The third kappa shape index (κ3) is 4.37. The molecular weight excluding hydrogens is 493 g/mol. The number of anilines is 1. The van der Waals surface area contributed by atoms with Crippen LogP contribution in [0.25, 0.3) is 33.9 Å². The summed E-state index contributed by atoms with van der Waals surface area (Å²) in [5, 5.41) is 14.7. The highest BCUT2D eigenvalue weighted by atomic mass is 35.5. The van der Waals surface area contributed by atoms with Gasteiger partial charge in [-0.05, 0) is 48.9 Å². The molecule has 1 N–H and O–H groups in total. The van der Waals surface area contributed by atoms with Crippen LogP contribution in [0, 0.1) is 17.0 Å². The number of carbonyl (C=O) groups is 1. The molecule has 0 spiro atoms. The van der Waals surface area contributed by atoms with Gasteiger partial charge in [-0.15, -0.1) is 0 Å². The Balaban J connectivity index is 1.42. The average molecular weight is 508 g/mol. The Morgan fingerprint density at radius 2 is 1.83 bits per heavy atom. The lowest BCUT2D eigenvalue weighted by molar-refractivity contribution is -0.384. The van der Waals surface area contributed by atoms with Gasteiger partial charge in [0.1, 0.15) is 11.3 Å². The van der Waals surface area contributed by atoms with E-state index in [9.17, 15) is 14.9 Å². The second-order valence-corrected chi connectivity index (χ2v) is 8.50. The van der Waals surface area contributed by atoms with Gasteiger partial charge < -0.3 is 14.2 Å². The van der Waals surface area contributed by atoms with E-state index in [0.717, 1.165) is 5.56 Å². The number of rotatable bonds is 5. The summed E-state index contributed by atoms with van der Waals surface area (Å²) in [7, 11) is 0. The zero-order valence-electron chi connectivity index (χ0n) is 18.0. The number of benzene rings is 3. The van der Waals surface area contributed by atoms with E-state index in [1.54, 1.807) is 42.5 Å². The fourth-order valence-corrected chi connectivity index (χ4v) is 4.17. The number of nitrogens with one attached hydrogen (secondary N) is 1. The lowest BCUT2D eigenvalue weighted by atomic mass is 10.1. The van der Waals surface area contributed by atoms with Crippen LogP contribution in [0.4, 0.5) is 11.4 Å². The molecule has 3 aromatic carbocycles. The Kier molecular flexibility index (Phi) is 5.76. The average Bonchev–Trinajstić information content (AvgIpc) is 3.48. The van der Waals surface area contributed by atoms with Gasteiger partial charge in [-0.25, -0.2) is 4.98 Å². The third-order valence-corrected chi connectivity index (χ3v) is 5.89. The third-order valence-electron chi connectivity index (χ3n) is 5.39. The molecule has 0 fully saturated rings. The fourth-order valence-electron chi connectivity index (χ4n) is 3.65. The molecular formula is C25H15Cl2N3O5. The first-order chi connectivity index (χ1) is 16.8. The fraction of sp³-hybridized carbons (Fsp3) is 0.0400. The van der Waals surface area contributed by atoms with Crippen LogP contribution in [-0.4, -0.2) is 15.8 Å². The first kappa shape index (κ1) is 22.6. The summed E-state index contributed by atoms with van der Waals surface area (Å²) in [5.41, 5.74) is 3.29. The van der Waals surface area contributed by atoms with Crippen LogP contribution >= 0.6 is 23.2 Å². The van der Waals surface area contributed by atoms with Crippen molar-refractivity contribution in [2.45, 2.75) is 6.92 Å². The number of hydrogen-bond acceptors (Lipinski definition) is 6. The number of non-ortho nitro benzene ring substituents is 1. The molecule has 0 bridgehead atoms. The van der Waals surface area contributed by atoms with Gasteiger partial charge in [-0.2, -0.15) is 0 Å². The van der Waals surface area contributed by atoms with E-state index in [1.165, 1.54) is 18.2 Å². The van der Waals surface area contributed by atoms with Crippen LogP contribution in [0.15, 0.2) is 75.6 Å². The lowest BCUT2D eigenvalue weighted by Gasteiger charge is -2.10. The molecule has 1 amide bonds. The second-order valence-electron chi connectivity index (χ2n) is 7.66. The molecule has 2 heterocycles. The molecule has 174 valence electrons. The van der Waals surface area contributed by atoms with Gasteiger partial charge in [-0.3, -0.25) is 14.9 Å². The molecule has 0 radical (unpaired) electrons. The zero-order chi connectivity index (χ0) is 24.7. The summed E-state index contributed by atoms with van der Waals surface area (Å²) >= 11 is 12.3. The molecule has 0 aliphatic rings. The van der Waals surface area contributed by atoms with E-state index in [0.29, 0.717) is 49.6 Å². The molecule has 2 aromatic heterocycles. The van der Waals surface area contributed by atoms with Gasteiger partial charge >= 0.3 is 0 Å². The summed E-state index contributed by atoms with van der Waals surface area (Å²) in [5.74, 6) is 0.254. The van der Waals surface area contributed by atoms with E-state index >= 15 is 0 Å². The first-order valence-electron chi connectivity index (χ1n) is 10.3. The number of fused-ring (bicyclic) bond motifs is 1. The van der Waals surface area contributed by atoms with Crippen molar-refractivity contribution in [3.8, 4) is 22.8 Å². The summed E-state index contributed by atoms with van der Waals surface area (Å²) in [6, 6.07) is 17.6. The summed E-state index contributed by atoms with van der Waals surface area (Å²) in [6.45, 7) is 1.82. The Morgan fingerprint density at radius 3 is 2.63 bits per heavy atom. The molecule has 0 saturated heterocycles. The van der Waals surface area contributed by atoms with Crippen molar-refractivity contribution in [3.05, 3.63) is 98.2 Å². The topological polar surface area (TPSA) is 111 Å². The van der Waals surface area contributed by atoms with E-state index in [-0.39, 0.29) is 11.4 Å². The molecule has 0 unspecified atom stereocenters. The minimum absolute atomic E-state index is 0.0552. The van der Waals surface area contributed by atoms with E-state index < -0.39 is 10.8 Å². The van der Waals surface area contributed by atoms with Gasteiger partial charge in [0, 0.05) is 34.0 Å². The number of amides is 1. The van der Waals surface area contributed by atoms with Crippen molar-refractivity contribution < 1.29 is 18.6 Å². The predicted molar refractivity (Wildman–Crippen MR) is 133 cm³/mol. The number of nitrogens with zero attached hydrogens (tertiary/aromatic N) is 2. The number of carbonyl (C=O) groups excluding carboxylic acids is 1. The van der Waals surface area contributed by atoms with Gasteiger partial charge in [-0.1, -0.05) is 41.4 Å². The molecule has 0 saturated carbocycles. The van der Waals surface area contributed by atoms with E-state index in [4.69, 9.17) is 32.0 Å². The van der Waals surface area contributed by atoms with Crippen molar-refractivity contribution in [2.24, 2.45) is 0 Å². The van der Waals surface area contributed by atoms with Gasteiger partial charge in [0.2, 0.25) is 5.89 Å². The van der Waals surface area contributed by atoms with E-state index in [2.05, 4.69) is 10.3 Å². The minimum atomic E-state index is -0.491. The number of halogens is 2. The van der Waals surface area contributed by atoms with Crippen LogP contribution in [0.1, 0.15) is 16.1 Å². The van der Waals surface area contributed by atoms with Crippen molar-refractivity contribution >= 4 is 51.6 Å². The zero-order valence-corrected chi connectivity index (χ0v) is 19.6. The maximum atomic E-state index is 12.9. The van der Waals surface area contributed by atoms with Gasteiger partial charge in [0.15, 0.2) is 11.3 Å². The SMILES string of the molecule is Cc1c(NC(=O)c2ccc(-c3cccc([N+](=O)[O-])c3)o2)cccc1-c1nc2cc(Cl)cc(Cl)c2o1. The van der Waals surface area contributed by atoms with Crippen molar-refractivity contribution in [1.82, 2.24) is 4.98 Å². The Morgan fingerprint density at radius 1 is 1.03 bits per heavy atom. The highest BCUT2D eigenvalue weighted by molar-refractivity contribution is 6.38.